The molecule has 0 fully saturated rings. The summed E-state index contributed by atoms with van der Waals surface area (Å²) >= 11 is 5.80. The Balaban J connectivity index is 3.11. The minimum Gasteiger partial charge on any atom is -0.494 e. The molecule has 14 heavy (non-hydrogen) atoms. The van der Waals surface area contributed by atoms with Crippen molar-refractivity contribution < 1.29 is 14.2 Å². The van der Waals surface area contributed by atoms with E-state index in [1.54, 1.807) is 13.0 Å². The topological polar surface area (TPSA) is 29.5 Å². The first-order valence-corrected chi connectivity index (χ1v) is 4.63. The molecular formula is C10H12ClFO2. The second-order valence-corrected chi connectivity index (χ2v) is 3.50. The lowest BCUT2D eigenvalue weighted by molar-refractivity contribution is 0.194. The van der Waals surface area contributed by atoms with E-state index in [0.29, 0.717) is 10.6 Å². The van der Waals surface area contributed by atoms with E-state index in [1.165, 1.54) is 13.2 Å². The Morgan fingerprint density at radius 3 is 2.71 bits per heavy atom. The van der Waals surface area contributed by atoms with Gasteiger partial charge in [-0.25, -0.2) is 4.39 Å². The predicted octanol–water partition coefficient (Wildman–Crippen LogP) is 2.41. The van der Waals surface area contributed by atoms with Crippen molar-refractivity contribution in [3.63, 3.8) is 0 Å². The Morgan fingerprint density at radius 1 is 1.57 bits per heavy atom. The second-order valence-electron chi connectivity index (χ2n) is 3.10. The van der Waals surface area contributed by atoms with E-state index in [4.69, 9.17) is 21.4 Å². The van der Waals surface area contributed by atoms with Crippen molar-refractivity contribution in [1.29, 1.82) is 0 Å². The molecule has 1 atom stereocenters. The lowest BCUT2D eigenvalue weighted by Crippen LogP contribution is -2.07. The van der Waals surface area contributed by atoms with Crippen LogP contribution in [0.4, 0.5) is 4.39 Å². The molecule has 0 saturated carbocycles. The highest BCUT2D eigenvalue weighted by Crippen LogP contribution is 2.27. The molecule has 0 spiro atoms. The van der Waals surface area contributed by atoms with E-state index < -0.39 is 11.9 Å². The van der Waals surface area contributed by atoms with Crippen LogP contribution in [0.25, 0.3) is 0 Å². The molecule has 0 aromatic heterocycles. The maximum absolute atomic E-state index is 13.6. The zero-order valence-electron chi connectivity index (χ0n) is 8.05. The normalized spacial score (nSPS) is 12.6. The first-order chi connectivity index (χ1) is 6.56. The van der Waals surface area contributed by atoms with Gasteiger partial charge in [0.25, 0.3) is 0 Å². The number of rotatable bonds is 3. The zero-order valence-corrected chi connectivity index (χ0v) is 8.81. The van der Waals surface area contributed by atoms with Gasteiger partial charge >= 0.3 is 0 Å². The Labute approximate surface area is 87.3 Å². The van der Waals surface area contributed by atoms with Crippen molar-refractivity contribution >= 4 is 11.6 Å². The summed E-state index contributed by atoms with van der Waals surface area (Å²) in [6.45, 7) is 1.58. The Morgan fingerprint density at radius 2 is 2.21 bits per heavy atom. The number of aliphatic hydroxyl groups is 1. The molecule has 1 aromatic carbocycles. The number of aliphatic hydroxyl groups excluding tert-OH is 1. The van der Waals surface area contributed by atoms with E-state index >= 15 is 0 Å². The summed E-state index contributed by atoms with van der Waals surface area (Å²) in [4.78, 5) is 0. The third-order valence-electron chi connectivity index (χ3n) is 1.87. The number of hydrogen-bond donors (Lipinski definition) is 1. The molecule has 1 unspecified atom stereocenters. The monoisotopic (exact) mass is 218 g/mol. The van der Waals surface area contributed by atoms with Gasteiger partial charge in [0.15, 0.2) is 11.6 Å². The molecule has 0 bridgehead atoms. The molecule has 0 aliphatic rings. The van der Waals surface area contributed by atoms with Crippen LogP contribution in [0.2, 0.25) is 5.02 Å². The Hall–Kier alpha value is -0.800. The summed E-state index contributed by atoms with van der Waals surface area (Å²) in [5, 5.41) is 9.46. The van der Waals surface area contributed by atoms with Crippen molar-refractivity contribution in [1.82, 2.24) is 0 Å². The second kappa shape index (κ2) is 4.62. The molecule has 1 aromatic rings. The largest absolute Gasteiger partial charge is 0.494 e. The SMILES string of the molecule is COc1ccc(Cl)c(CC(C)O)c1F. The summed E-state index contributed by atoms with van der Waals surface area (Å²) in [6.07, 6.45) is -0.448. The summed E-state index contributed by atoms with van der Waals surface area (Å²) in [6, 6.07) is 3.02. The van der Waals surface area contributed by atoms with Crippen LogP contribution in [0.3, 0.4) is 0 Å². The Kier molecular flexibility index (Phi) is 3.72. The molecule has 0 radical (unpaired) electrons. The van der Waals surface area contributed by atoms with Crippen LogP contribution in [0.5, 0.6) is 5.75 Å². The fraction of sp³-hybridized carbons (Fsp3) is 0.400. The van der Waals surface area contributed by atoms with Gasteiger partial charge < -0.3 is 9.84 Å². The first kappa shape index (κ1) is 11.3. The van der Waals surface area contributed by atoms with E-state index in [1.807, 2.05) is 0 Å². The fourth-order valence-electron chi connectivity index (χ4n) is 1.22. The average molecular weight is 219 g/mol. The van der Waals surface area contributed by atoms with E-state index in [9.17, 15) is 4.39 Å². The quantitative estimate of drug-likeness (QED) is 0.844. The van der Waals surface area contributed by atoms with Gasteiger partial charge in [-0.1, -0.05) is 11.6 Å². The maximum atomic E-state index is 13.6. The van der Waals surface area contributed by atoms with Crippen LogP contribution < -0.4 is 4.74 Å². The summed E-state index contributed by atoms with van der Waals surface area (Å²) in [7, 11) is 1.39. The molecule has 4 heteroatoms. The first-order valence-electron chi connectivity index (χ1n) is 4.25. The maximum Gasteiger partial charge on any atom is 0.169 e. The van der Waals surface area contributed by atoms with Gasteiger partial charge in [-0.15, -0.1) is 0 Å². The molecule has 1 rings (SSSR count). The van der Waals surface area contributed by atoms with Crippen LogP contribution in [0.1, 0.15) is 12.5 Å². The highest BCUT2D eigenvalue weighted by atomic mass is 35.5. The smallest absolute Gasteiger partial charge is 0.169 e. The minimum absolute atomic E-state index is 0.144. The number of ether oxygens (including phenoxy) is 1. The van der Waals surface area contributed by atoms with Crippen molar-refractivity contribution in [3.8, 4) is 5.75 Å². The van der Waals surface area contributed by atoms with Crippen LogP contribution in [-0.4, -0.2) is 18.3 Å². The zero-order chi connectivity index (χ0) is 10.7. The third kappa shape index (κ3) is 2.36. The third-order valence-corrected chi connectivity index (χ3v) is 2.22. The van der Waals surface area contributed by atoms with Crippen molar-refractivity contribution in [2.45, 2.75) is 19.4 Å². The van der Waals surface area contributed by atoms with Crippen molar-refractivity contribution in [3.05, 3.63) is 28.5 Å². The molecule has 0 amide bonds. The van der Waals surface area contributed by atoms with Gasteiger partial charge in [0, 0.05) is 17.0 Å². The fourth-order valence-corrected chi connectivity index (χ4v) is 1.44. The van der Waals surface area contributed by atoms with Gasteiger partial charge in [0.05, 0.1) is 13.2 Å². The standard InChI is InChI=1S/C10H12ClFO2/c1-6(13)5-7-8(11)3-4-9(14-2)10(7)12/h3-4,6,13H,5H2,1-2H3. The molecule has 0 aliphatic carbocycles. The minimum atomic E-state index is -0.630. The average Bonchev–Trinajstić information content (AvgIpc) is 2.12. The molecule has 0 heterocycles. The number of hydrogen-bond acceptors (Lipinski definition) is 2. The van der Waals surface area contributed by atoms with Crippen molar-refractivity contribution in [2.24, 2.45) is 0 Å². The van der Waals surface area contributed by atoms with Crippen LogP contribution >= 0.6 is 11.6 Å². The Bertz CT molecular complexity index is 326. The lowest BCUT2D eigenvalue weighted by Gasteiger charge is -2.10. The highest BCUT2D eigenvalue weighted by molar-refractivity contribution is 6.31. The molecule has 78 valence electrons. The number of benzene rings is 1. The highest BCUT2D eigenvalue weighted by Gasteiger charge is 2.14. The lowest BCUT2D eigenvalue weighted by atomic mass is 10.1. The van der Waals surface area contributed by atoms with Gasteiger partial charge in [0.1, 0.15) is 0 Å². The van der Waals surface area contributed by atoms with E-state index in [0.717, 1.165) is 0 Å². The summed E-state index contributed by atoms with van der Waals surface area (Å²) < 4.78 is 18.4. The van der Waals surface area contributed by atoms with Gasteiger partial charge in [-0.3, -0.25) is 0 Å². The van der Waals surface area contributed by atoms with Crippen LogP contribution in [0.15, 0.2) is 12.1 Å². The van der Waals surface area contributed by atoms with Crippen LogP contribution in [0, 0.1) is 5.82 Å². The van der Waals surface area contributed by atoms with Crippen LogP contribution in [-0.2, 0) is 6.42 Å². The van der Waals surface area contributed by atoms with Crippen molar-refractivity contribution in [2.75, 3.05) is 7.11 Å². The molecule has 0 aliphatic heterocycles. The number of halogens is 2. The molecular weight excluding hydrogens is 207 g/mol. The molecule has 2 nitrogen and oxygen atoms in total. The predicted molar refractivity (Wildman–Crippen MR) is 53.3 cm³/mol. The summed E-state index contributed by atoms with van der Waals surface area (Å²) in [5.41, 5.74) is 0.293. The summed E-state index contributed by atoms with van der Waals surface area (Å²) in [5.74, 6) is -0.356. The molecule has 0 saturated heterocycles. The number of methoxy groups -OCH3 is 1. The van der Waals surface area contributed by atoms with Gasteiger partial charge in [-0.2, -0.15) is 0 Å². The van der Waals surface area contributed by atoms with E-state index in [-0.39, 0.29) is 12.2 Å². The molecule has 1 N–H and O–H groups in total. The van der Waals surface area contributed by atoms with Gasteiger partial charge in [0.2, 0.25) is 0 Å². The van der Waals surface area contributed by atoms with E-state index in [2.05, 4.69) is 0 Å². The van der Waals surface area contributed by atoms with Gasteiger partial charge in [-0.05, 0) is 19.1 Å².